The number of aromatic nitrogens is 3. The Morgan fingerprint density at radius 3 is 2.62 bits per heavy atom. The topological polar surface area (TPSA) is 80.6 Å². The number of anilines is 1. The highest BCUT2D eigenvalue weighted by atomic mass is 32.2. The van der Waals surface area contributed by atoms with Gasteiger partial charge in [-0.15, -0.1) is 0 Å². The van der Waals surface area contributed by atoms with Gasteiger partial charge in [0.1, 0.15) is 16.9 Å². The maximum atomic E-state index is 13.1. The first-order valence-electron chi connectivity index (χ1n) is 9.80. The molecule has 1 amide bonds. The monoisotopic (exact) mass is 417 g/mol. The molecule has 1 spiro atoms. The quantitative estimate of drug-likeness (QED) is 0.549. The van der Waals surface area contributed by atoms with Crippen molar-refractivity contribution >= 4 is 34.6 Å². The van der Waals surface area contributed by atoms with Crippen LogP contribution in [0.5, 0.6) is 0 Å². The van der Waals surface area contributed by atoms with Gasteiger partial charge < -0.3 is 14.5 Å². The first kappa shape index (κ1) is 20.0. The number of rotatable bonds is 2. The predicted octanol–water partition coefficient (Wildman–Crippen LogP) is 2.64. The third kappa shape index (κ3) is 3.68. The zero-order valence-electron chi connectivity index (χ0n) is 17.6. The molecule has 0 aromatic carbocycles. The van der Waals surface area contributed by atoms with Crippen LogP contribution in [-0.4, -0.2) is 62.6 Å². The lowest BCUT2D eigenvalue weighted by atomic mass is 10.1. The molecule has 3 heterocycles. The van der Waals surface area contributed by atoms with E-state index in [0.717, 1.165) is 18.2 Å². The fourth-order valence-electron chi connectivity index (χ4n) is 3.91. The Morgan fingerprint density at radius 1 is 1.28 bits per heavy atom. The molecule has 2 fully saturated rings. The van der Waals surface area contributed by atoms with E-state index in [1.165, 1.54) is 11.8 Å². The molecule has 1 aliphatic carbocycles. The van der Waals surface area contributed by atoms with Gasteiger partial charge in [0, 0.05) is 38.3 Å². The van der Waals surface area contributed by atoms with Crippen LogP contribution in [0.1, 0.15) is 33.6 Å². The first-order valence-corrected chi connectivity index (χ1v) is 11.0. The molecule has 0 bridgehead atoms. The molecule has 0 radical (unpaired) electrons. The van der Waals surface area contributed by atoms with Crippen LogP contribution in [0.4, 0.5) is 10.5 Å². The number of carbonyl (C=O) groups excluding carboxylic acids is 1. The van der Waals surface area contributed by atoms with E-state index in [1.807, 2.05) is 33.1 Å². The van der Waals surface area contributed by atoms with Crippen LogP contribution in [0.2, 0.25) is 0 Å². The number of aryl methyl sites for hydroxylation is 1. The number of thioether (sulfide) groups is 1. The molecule has 1 aliphatic heterocycles. The molecule has 2 aliphatic rings. The van der Waals surface area contributed by atoms with E-state index >= 15 is 0 Å². The van der Waals surface area contributed by atoms with Gasteiger partial charge in [-0.3, -0.25) is 9.36 Å². The number of hydrogen-bond donors (Lipinski definition) is 0. The highest BCUT2D eigenvalue weighted by Crippen LogP contribution is 2.46. The van der Waals surface area contributed by atoms with Gasteiger partial charge in [-0.1, -0.05) is 11.8 Å². The molecule has 2 aromatic heterocycles. The number of fused-ring (bicyclic) bond motifs is 1. The molecule has 29 heavy (non-hydrogen) atoms. The average molecular weight is 418 g/mol. The minimum Gasteiger partial charge on any atom is -0.444 e. The molecule has 1 saturated heterocycles. The average Bonchev–Trinajstić information content (AvgIpc) is 3.42. The Morgan fingerprint density at radius 2 is 2.00 bits per heavy atom. The molecular weight excluding hydrogens is 390 g/mol. The van der Waals surface area contributed by atoms with Gasteiger partial charge in [-0.25, -0.2) is 14.8 Å². The SMILES string of the molecule is CSc1ncc2cc(N3CCN(C(=O)OC(C)(C)C)CC34CC4)c(=O)n(C)c2n1. The number of nitrogens with zero attached hydrogens (tertiary/aromatic N) is 5. The van der Waals surface area contributed by atoms with Gasteiger partial charge in [-0.2, -0.15) is 0 Å². The standard InChI is InChI=1S/C20H27N5O3S/c1-19(2,3)28-18(27)24-8-9-25(20(12-24)6-7-20)14-10-13-11-21-17(29-5)22-15(13)23(4)16(14)26/h10-11H,6-9,12H2,1-5H3. The molecule has 156 valence electrons. The van der Waals surface area contributed by atoms with Crippen LogP contribution in [0.25, 0.3) is 11.0 Å². The number of carbonyl (C=O) groups is 1. The molecular formula is C20H27N5O3S. The van der Waals surface area contributed by atoms with Crippen molar-refractivity contribution in [3.05, 3.63) is 22.6 Å². The Kier molecular flexibility index (Phi) is 4.76. The van der Waals surface area contributed by atoms with E-state index in [-0.39, 0.29) is 17.2 Å². The maximum absolute atomic E-state index is 13.1. The van der Waals surface area contributed by atoms with Gasteiger partial charge >= 0.3 is 6.09 Å². The molecule has 0 unspecified atom stereocenters. The molecule has 0 N–H and O–H groups in total. The fraction of sp³-hybridized carbons (Fsp3) is 0.600. The smallest absolute Gasteiger partial charge is 0.410 e. The molecule has 8 nitrogen and oxygen atoms in total. The van der Waals surface area contributed by atoms with Crippen LogP contribution in [-0.2, 0) is 11.8 Å². The number of ether oxygens (including phenoxy) is 1. The third-order valence-electron chi connectivity index (χ3n) is 5.51. The zero-order valence-corrected chi connectivity index (χ0v) is 18.4. The van der Waals surface area contributed by atoms with Crippen molar-refractivity contribution in [2.45, 2.75) is 49.9 Å². The second kappa shape index (κ2) is 6.90. The van der Waals surface area contributed by atoms with Crippen molar-refractivity contribution in [2.75, 3.05) is 30.8 Å². The van der Waals surface area contributed by atoms with E-state index in [1.54, 1.807) is 22.7 Å². The Hall–Kier alpha value is -2.29. The van der Waals surface area contributed by atoms with Crippen molar-refractivity contribution in [3.8, 4) is 0 Å². The molecule has 1 saturated carbocycles. The summed E-state index contributed by atoms with van der Waals surface area (Å²) in [5.74, 6) is 0. The highest BCUT2D eigenvalue weighted by molar-refractivity contribution is 7.98. The Bertz CT molecular complexity index is 1030. The van der Waals surface area contributed by atoms with Crippen molar-refractivity contribution in [3.63, 3.8) is 0 Å². The lowest BCUT2D eigenvalue weighted by molar-refractivity contribution is 0.0205. The first-order chi connectivity index (χ1) is 13.6. The summed E-state index contributed by atoms with van der Waals surface area (Å²) in [6, 6.07) is 1.89. The van der Waals surface area contributed by atoms with E-state index in [4.69, 9.17) is 4.74 Å². The summed E-state index contributed by atoms with van der Waals surface area (Å²) >= 11 is 1.45. The normalized spacial score (nSPS) is 18.4. The maximum Gasteiger partial charge on any atom is 0.410 e. The summed E-state index contributed by atoms with van der Waals surface area (Å²) in [6.45, 7) is 7.32. The van der Waals surface area contributed by atoms with E-state index in [2.05, 4.69) is 14.9 Å². The van der Waals surface area contributed by atoms with Gasteiger partial charge in [0.2, 0.25) is 0 Å². The van der Waals surface area contributed by atoms with Gasteiger partial charge in [0.25, 0.3) is 5.56 Å². The minimum absolute atomic E-state index is 0.0692. The molecule has 0 atom stereocenters. The van der Waals surface area contributed by atoms with Gasteiger partial charge in [0.05, 0.1) is 5.54 Å². The van der Waals surface area contributed by atoms with Crippen LogP contribution in [0, 0.1) is 0 Å². The van der Waals surface area contributed by atoms with Crippen LogP contribution < -0.4 is 10.5 Å². The summed E-state index contributed by atoms with van der Waals surface area (Å²) in [4.78, 5) is 38.5. The second-order valence-electron chi connectivity index (χ2n) is 8.81. The number of piperazine rings is 1. The minimum atomic E-state index is -0.519. The van der Waals surface area contributed by atoms with Crippen LogP contribution >= 0.6 is 11.8 Å². The predicted molar refractivity (Wildman–Crippen MR) is 114 cm³/mol. The highest BCUT2D eigenvalue weighted by Gasteiger charge is 2.53. The second-order valence-corrected chi connectivity index (χ2v) is 9.58. The Labute approximate surface area is 174 Å². The zero-order chi connectivity index (χ0) is 21.0. The van der Waals surface area contributed by atoms with Crippen LogP contribution in [0.15, 0.2) is 22.2 Å². The number of pyridine rings is 1. The molecule has 4 rings (SSSR count). The Balaban J connectivity index is 1.65. The van der Waals surface area contributed by atoms with Crippen molar-refractivity contribution in [1.82, 2.24) is 19.4 Å². The third-order valence-corrected chi connectivity index (χ3v) is 6.07. The van der Waals surface area contributed by atoms with Gasteiger partial charge in [0.15, 0.2) is 5.16 Å². The van der Waals surface area contributed by atoms with Crippen molar-refractivity contribution < 1.29 is 9.53 Å². The fourth-order valence-corrected chi connectivity index (χ4v) is 4.25. The molecule has 2 aromatic rings. The molecule has 9 heteroatoms. The lowest BCUT2D eigenvalue weighted by Gasteiger charge is -2.43. The summed E-state index contributed by atoms with van der Waals surface area (Å²) < 4.78 is 7.15. The van der Waals surface area contributed by atoms with Crippen LogP contribution in [0.3, 0.4) is 0 Å². The van der Waals surface area contributed by atoms with Gasteiger partial charge in [-0.05, 0) is 45.9 Å². The largest absolute Gasteiger partial charge is 0.444 e. The summed E-state index contributed by atoms with van der Waals surface area (Å²) in [7, 11) is 1.75. The van der Waals surface area contributed by atoms with E-state index < -0.39 is 5.60 Å². The van der Waals surface area contributed by atoms with E-state index in [0.29, 0.717) is 36.1 Å². The van der Waals surface area contributed by atoms with Crippen molar-refractivity contribution in [2.24, 2.45) is 7.05 Å². The lowest BCUT2D eigenvalue weighted by Crippen LogP contribution is -2.58. The van der Waals surface area contributed by atoms with Crippen molar-refractivity contribution in [1.29, 1.82) is 0 Å². The summed E-state index contributed by atoms with van der Waals surface area (Å²) in [6.07, 6.45) is 5.31. The summed E-state index contributed by atoms with van der Waals surface area (Å²) in [5, 5.41) is 1.48. The summed E-state index contributed by atoms with van der Waals surface area (Å²) in [5.41, 5.74) is 0.515. The number of hydrogen-bond acceptors (Lipinski definition) is 7. The van der Waals surface area contributed by atoms with E-state index in [9.17, 15) is 9.59 Å². The number of amides is 1.